The molecule has 288 valence electrons. The average molecular weight is 807 g/mol. The Hall–Kier alpha value is -7.86. The summed E-state index contributed by atoms with van der Waals surface area (Å²) in [6.45, 7) is 4.21. The third-order valence-corrected chi connectivity index (χ3v) is 14.6. The van der Waals surface area contributed by atoms with E-state index in [-0.39, 0.29) is 0 Å². The third kappa shape index (κ3) is 4.25. The minimum atomic E-state index is -0.408. The lowest BCUT2D eigenvalue weighted by molar-refractivity contribution is 0.794. The van der Waals surface area contributed by atoms with Gasteiger partial charge in [0.15, 0.2) is 5.82 Å². The molecule has 0 fully saturated rings. The Kier molecular flexibility index (Phi) is 6.76. The van der Waals surface area contributed by atoms with Crippen molar-refractivity contribution in [2.75, 3.05) is 0 Å². The summed E-state index contributed by atoms with van der Waals surface area (Å²) in [7, 11) is 0. The van der Waals surface area contributed by atoms with Gasteiger partial charge >= 0.3 is 0 Å². The topological polar surface area (TPSA) is 35.6 Å². The van der Waals surface area contributed by atoms with Crippen LogP contribution in [0, 0.1) is 0 Å². The summed E-state index contributed by atoms with van der Waals surface area (Å²) in [5, 5.41) is 5.69. The van der Waals surface area contributed by atoms with Crippen LogP contribution in [0.15, 0.2) is 195 Å². The molecular formula is C57H34N4S. The fourth-order valence-corrected chi connectivity index (χ4v) is 12.2. The molecular weight excluding hydrogens is 773 g/mol. The molecule has 0 amide bonds. The van der Waals surface area contributed by atoms with E-state index in [1.165, 1.54) is 71.1 Å². The van der Waals surface area contributed by atoms with Crippen LogP contribution in [0.1, 0.15) is 27.9 Å². The molecule has 0 N–H and O–H groups in total. The maximum atomic E-state index is 5.62. The van der Waals surface area contributed by atoms with E-state index >= 15 is 0 Å². The number of fused-ring (bicyclic) bond motifs is 17. The number of benzene rings is 8. The highest BCUT2D eigenvalue weighted by Gasteiger charge is 2.52. The first-order valence-electron chi connectivity index (χ1n) is 21.1. The van der Waals surface area contributed by atoms with Gasteiger partial charge < -0.3 is 0 Å². The lowest BCUT2D eigenvalue weighted by atomic mass is 9.70. The van der Waals surface area contributed by atoms with Gasteiger partial charge in [-0.25, -0.2) is 4.98 Å². The summed E-state index contributed by atoms with van der Waals surface area (Å²) in [4.78, 5) is 12.0. The van der Waals surface area contributed by atoms with Crippen molar-refractivity contribution in [3.8, 4) is 45.1 Å². The van der Waals surface area contributed by atoms with Crippen LogP contribution in [-0.2, 0) is 5.41 Å². The number of para-hydroxylation sites is 3. The minimum Gasteiger partial charge on any atom is -0.293 e. The molecule has 0 aliphatic heterocycles. The molecule has 2 aliphatic carbocycles. The van der Waals surface area contributed by atoms with Crippen molar-refractivity contribution in [2.24, 2.45) is 0 Å². The van der Waals surface area contributed by atoms with Gasteiger partial charge in [0.05, 0.1) is 27.4 Å². The van der Waals surface area contributed by atoms with Gasteiger partial charge in [0.1, 0.15) is 4.83 Å². The molecule has 4 heterocycles. The highest BCUT2D eigenvalue weighted by Crippen LogP contribution is 2.64. The van der Waals surface area contributed by atoms with Crippen molar-refractivity contribution in [3.63, 3.8) is 0 Å². The number of hydrogen-bond acceptors (Lipinski definition) is 3. The minimum absolute atomic E-state index is 0.408. The highest BCUT2D eigenvalue weighted by molar-refractivity contribution is 7.25. The van der Waals surface area contributed by atoms with Crippen molar-refractivity contribution < 1.29 is 0 Å². The smallest absolute Gasteiger partial charge is 0.238 e. The fourth-order valence-electron chi connectivity index (χ4n) is 11.2. The molecule has 0 saturated carbocycles. The molecule has 4 aromatic heterocycles. The van der Waals surface area contributed by atoms with E-state index in [0.29, 0.717) is 5.95 Å². The second-order valence-electron chi connectivity index (χ2n) is 16.5. The normalized spacial score (nSPS) is 13.4. The Labute approximate surface area is 360 Å². The van der Waals surface area contributed by atoms with Crippen molar-refractivity contribution in [1.29, 1.82) is 0 Å². The van der Waals surface area contributed by atoms with E-state index in [2.05, 4.69) is 204 Å². The van der Waals surface area contributed by atoms with Crippen LogP contribution in [0.25, 0.3) is 104 Å². The van der Waals surface area contributed by atoms with Crippen molar-refractivity contribution in [2.45, 2.75) is 5.41 Å². The van der Waals surface area contributed by atoms with Gasteiger partial charge in [-0.15, -0.1) is 11.3 Å². The highest BCUT2D eigenvalue weighted by atomic mass is 32.1. The largest absolute Gasteiger partial charge is 0.293 e. The average Bonchev–Trinajstić information content (AvgIpc) is 4.13. The Bertz CT molecular complexity index is 3820. The van der Waals surface area contributed by atoms with Gasteiger partial charge in [-0.3, -0.25) is 9.13 Å². The molecule has 12 aromatic rings. The van der Waals surface area contributed by atoms with E-state index < -0.39 is 5.41 Å². The number of aromatic nitrogens is 4. The SMILES string of the molecule is C=Cc1cc2ccccc2n1-c1nc(-n2c3ccccc3c3ccccc32)c2c(n1)sc1ccc(-c3cccc4c3-c3ccccc3C43c4ccccc4-c4ccccc43)cc12. The molecule has 62 heavy (non-hydrogen) atoms. The van der Waals surface area contributed by atoms with Crippen LogP contribution in [0.5, 0.6) is 0 Å². The fraction of sp³-hybridized carbons (Fsp3) is 0.0175. The zero-order chi connectivity index (χ0) is 40.7. The molecule has 2 aliphatic rings. The molecule has 0 atom stereocenters. The molecule has 4 nitrogen and oxygen atoms in total. The summed E-state index contributed by atoms with van der Waals surface area (Å²) in [6, 6.07) is 69.0. The number of thiophene rings is 1. The molecule has 0 bridgehead atoms. The zero-order valence-corrected chi connectivity index (χ0v) is 34.2. The Morgan fingerprint density at radius 3 is 1.77 bits per heavy atom. The number of nitrogens with zero attached hydrogens (tertiary/aromatic N) is 4. The number of rotatable bonds is 4. The molecule has 8 aromatic carbocycles. The van der Waals surface area contributed by atoms with Crippen LogP contribution in [0.2, 0.25) is 0 Å². The number of hydrogen-bond donors (Lipinski definition) is 0. The maximum absolute atomic E-state index is 5.62. The van der Waals surface area contributed by atoms with Crippen LogP contribution >= 0.6 is 11.3 Å². The van der Waals surface area contributed by atoms with Crippen molar-refractivity contribution >= 4 is 70.4 Å². The zero-order valence-electron chi connectivity index (χ0n) is 33.4. The van der Waals surface area contributed by atoms with Gasteiger partial charge in [-0.2, -0.15) is 4.98 Å². The van der Waals surface area contributed by atoms with E-state index in [0.717, 1.165) is 49.1 Å². The van der Waals surface area contributed by atoms with Crippen LogP contribution in [0.3, 0.4) is 0 Å². The predicted octanol–water partition coefficient (Wildman–Crippen LogP) is 14.5. The van der Waals surface area contributed by atoms with E-state index in [4.69, 9.17) is 9.97 Å². The van der Waals surface area contributed by atoms with Crippen molar-refractivity contribution in [1.82, 2.24) is 19.1 Å². The first-order chi connectivity index (χ1) is 30.7. The predicted molar refractivity (Wildman–Crippen MR) is 258 cm³/mol. The quantitative estimate of drug-likeness (QED) is 0.178. The summed E-state index contributed by atoms with van der Waals surface area (Å²) in [5.74, 6) is 1.48. The molecule has 0 radical (unpaired) electrons. The van der Waals surface area contributed by atoms with Gasteiger partial charge in [-0.1, -0.05) is 158 Å². The van der Waals surface area contributed by atoms with Gasteiger partial charge in [-0.05, 0) is 98.1 Å². The molecule has 5 heteroatoms. The molecule has 14 rings (SSSR count). The standard InChI is InChI=1S/C57H34N4S/c1-2-36-32-35-16-3-12-27-48(35)60(36)56-58-54(61-49-28-13-7-19-40(49)41-20-8-14-29-50(41)61)53-43-33-34(30-31-51(43)62-55(53)59-56)37-22-15-26-47-52(37)42-21-6-11-25-46(42)57(47)44-23-9-4-17-38(44)39-18-5-10-24-45(39)57/h2-33H,1H2. The first kappa shape index (κ1) is 33.9. The van der Waals surface area contributed by atoms with Crippen LogP contribution < -0.4 is 0 Å². The molecule has 0 saturated heterocycles. The van der Waals surface area contributed by atoms with Crippen LogP contribution in [-0.4, -0.2) is 19.1 Å². The van der Waals surface area contributed by atoms with E-state index in [1.807, 2.05) is 6.08 Å². The second-order valence-corrected chi connectivity index (χ2v) is 17.5. The summed E-state index contributed by atoms with van der Waals surface area (Å²) in [5.41, 5.74) is 16.8. The Morgan fingerprint density at radius 2 is 1.06 bits per heavy atom. The summed E-state index contributed by atoms with van der Waals surface area (Å²) < 4.78 is 5.67. The monoisotopic (exact) mass is 806 g/mol. The molecule has 1 spiro atoms. The Morgan fingerprint density at radius 1 is 0.484 bits per heavy atom. The van der Waals surface area contributed by atoms with Gasteiger partial charge in [0, 0.05) is 31.9 Å². The lowest BCUT2D eigenvalue weighted by Gasteiger charge is -2.30. The second kappa shape index (κ2) is 12.4. The Balaban J connectivity index is 1.07. The van der Waals surface area contributed by atoms with Crippen molar-refractivity contribution in [3.05, 3.63) is 223 Å². The van der Waals surface area contributed by atoms with E-state index in [9.17, 15) is 0 Å². The van der Waals surface area contributed by atoms with E-state index in [1.54, 1.807) is 11.3 Å². The lowest BCUT2D eigenvalue weighted by Crippen LogP contribution is -2.25. The van der Waals surface area contributed by atoms with Gasteiger partial charge in [0.2, 0.25) is 5.95 Å². The third-order valence-electron chi connectivity index (χ3n) is 13.6. The summed E-state index contributed by atoms with van der Waals surface area (Å²) in [6.07, 6.45) is 1.90. The maximum Gasteiger partial charge on any atom is 0.238 e. The summed E-state index contributed by atoms with van der Waals surface area (Å²) >= 11 is 1.73. The molecule has 0 unspecified atom stereocenters. The van der Waals surface area contributed by atoms with Crippen LogP contribution in [0.4, 0.5) is 0 Å². The van der Waals surface area contributed by atoms with Gasteiger partial charge in [0.25, 0.3) is 0 Å². The first-order valence-corrected chi connectivity index (χ1v) is 21.9.